The first kappa shape index (κ1) is 13.2. The van der Waals surface area contributed by atoms with Crippen LogP contribution in [0.2, 0.25) is 0 Å². The lowest BCUT2D eigenvalue weighted by atomic mass is 10.0. The van der Waals surface area contributed by atoms with Gasteiger partial charge in [0.1, 0.15) is 0 Å². The monoisotopic (exact) mass is 225 g/mol. The molecule has 0 fully saturated rings. The van der Waals surface area contributed by atoms with Gasteiger partial charge in [0, 0.05) is 30.4 Å². The Morgan fingerprint density at radius 3 is 2.56 bits per heavy atom. The summed E-state index contributed by atoms with van der Waals surface area (Å²) in [5, 5.41) is 16.9. The lowest BCUT2D eigenvalue weighted by Gasteiger charge is -2.24. The van der Waals surface area contributed by atoms with Crippen LogP contribution in [-0.2, 0) is 6.54 Å². The summed E-state index contributed by atoms with van der Waals surface area (Å²) in [4.78, 5) is 0. The summed E-state index contributed by atoms with van der Waals surface area (Å²) in [6.07, 6.45) is 3.93. The second kappa shape index (κ2) is 6.01. The van der Waals surface area contributed by atoms with Gasteiger partial charge in [0.25, 0.3) is 0 Å². The molecule has 0 saturated heterocycles. The average Bonchev–Trinajstić information content (AvgIpc) is 2.73. The zero-order valence-corrected chi connectivity index (χ0v) is 10.6. The number of aliphatic hydroxyl groups excluding tert-OH is 1. The van der Waals surface area contributed by atoms with Crippen LogP contribution >= 0.6 is 0 Å². The van der Waals surface area contributed by atoms with Gasteiger partial charge >= 0.3 is 0 Å². The van der Waals surface area contributed by atoms with E-state index >= 15 is 0 Å². The maximum atomic E-state index is 9.26. The number of aliphatic hydroxyl groups is 1. The van der Waals surface area contributed by atoms with E-state index in [0.29, 0.717) is 5.92 Å². The molecule has 92 valence electrons. The first-order valence-electron chi connectivity index (χ1n) is 5.97. The molecule has 4 heteroatoms. The van der Waals surface area contributed by atoms with Crippen LogP contribution in [0.1, 0.15) is 39.3 Å². The predicted molar refractivity (Wildman–Crippen MR) is 65.2 cm³/mol. The Kier molecular flexibility index (Phi) is 4.96. The van der Waals surface area contributed by atoms with Crippen LogP contribution in [0.5, 0.6) is 0 Å². The van der Waals surface area contributed by atoms with E-state index in [2.05, 4.69) is 38.1 Å². The van der Waals surface area contributed by atoms with Crippen molar-refractivity contribution in [1.82, 2.24) is 15.1 Å². The molecule has 1 unspecified atom stereocenters. The molecule has 4 nitrogen and oxygen atoms in total. The van der Waals surface area contributed by atoms with Gasteiger partial charge in [0.05, 0.1) is 12.8 Å². The Balaban J connectivity index is 2.60. The van der Waals surface area contributed by atoms with Crippen molar-refractivity contribution in [3.05, 3.63) is 18.0 Å². The van der Waals surface area contributed by atoms with Gasteiger partial charge in [-0.2, -0.15) is 5.10 Å². The maximum absolute atomic E-state index is 9.26. The first-order valence-corrected chi connectivity index (χ1v) is 5.97. The van der Waals surface area contributed by atoms with Crippen molar-refractivity contribution in [3.63, 3.8) is 0 Å². The minimum Gasteiger partial charge on any atom is -0.395 e. The number of aryl methyl sites for hydroxylation is 1. The van der Waals surface area contributed by atoms with Crippen molar-refractivity contribution in [2.75, 3.05) is 6.61 Å². The zero-order valence-electron chi connectivity index (χ0n) is 10.6. The summed E-state index contributed by atoms with van der Waals surface area (Å²) >= 11 is 0. The third kappa shape index (κ3) is 3.32. The van der Waals surface area contributed by atoms with Gasteiger partial charge in [0.2, 0.25) is 0 Å². The summed E-state index contributed by atoms with van der Waals surface area (Å²) < 4.78 is 1.91. The Hall–Kier alpha value is -0.870. The van der Waals surface area contributed by atoms with Crippen LogP contribution < -0.4 is 5.32 Å². The molecule has 1 aromatic heterocycles. The molecule has 0 aromatic carbocycles. The van der Waals surface area contributed by atoms with Crippen LogP contribution in [0.15, 0.2) is 12.4 Å². The topological polar surface area (TPSA) is 50.1 Å². The number of hydrogen-bond acceptors (Lipinski definition) is 3. The predicted octanol–water partition coefficient (Wildman–Crippen LogP) is 1.57. The van der Waals surface area contributed by atoms with Crippen LogP contribution in [0.4, 0.5) is 0 Å². The molecule has 0 bridgehead atoms. The van der Waals surface area contributed by atoms with Crippen molar-refractivity contribution in [2.45, 2.75) is 46.3 Å². The smallest absolute Gasteiger partial charge is 0.0587 e. The molecule has 0 aliphatic carbocycles. The maximum Gasteiger partial charge on any atom is 0.0587 e. The highest BCUT2D eigenvalue weighted by Gasteiger charge is 2.16. The Labute approximate surface area is 97.7 Å². The molecular weight excluding hydrogens is 202 g/mol. The highest BCUT2D eigenvalue weighted by atomic mass is 16.3. The lowest BCUT2D eigenvalue weighted by Crippen LogP contribution is -2.38. The summed E-state index contributed by atoms with van der Waals surface area (Å²) in [6, 6.07) is 0.361. The van der Waals surface area contributed by atoms with Crippen molar-refractivity contribution in [1.29, 1.82) is 0 Å². The fourth-order valence-corrected chi connectivity index (χ4v) is 1.65. The van der Waals surface area contributed by atoms with Crippen molar-refractivity contribution < 1.29 is 5.11 Å². The van der Waals surface area contributed by atoms with E-state index in [9.17, 15) is 5.11 Å². The minimum atomic E-state index is 0.139. The summed E-state index contributed by atoms with van der Waals surface area (Å²) in [5.41, 5.74) is 1.17. The molecule has 0 amide bonds. The third-order valence-corrected chi connectivity index (χ3v) is 2.94. The van der Waals surface area contributed by atoms with E-state index in [1.54, 1.807) is 0 Å². The molecular formula is C12H23N3O. The first-order chi connectivity index (χ1) is 7.58. The van der Waals surface area contributed by atoms with E-state index in [-0.39, 0.29) is 18.7 Å². The molecule has 1 heterocycles. The van der Waals surface area contributed by atoms with E-state index in [1.165, 1.54) is 5.56 Å². The fourth-order valence-electron chi connectivity index (χ4n) is 1.65. The Morgan fingerprint density at radius 2 is 2.12 bits per heavy atom. The average molecular weight is 225 g/mol. The van der Waals surface area contributed by atoms with Gasteiger partial charge in [-0.3, -0.25) is 4.68 Å². The van der Waals surface area contributed by atoms with Gasteiger partial charge < -0.3 is 10.4 Å². The summed E-state index contributed by atoms with van der Waals surface area (Å²) in [7, 11) is 0. The SMILES string of the molecule is CCn1cc(C(C)N[C@H](CO)C(C)C)cn1. The van der Waals surface area contributed by atoms with E-state index in [4.69, 9.17) is 0 Å². The van der Waals surface area contributed by atoms with Gasteiger partial charge in [-0.25, -0.2) is 0 Å². The molecule has 1 aromatic rings. The Morgan fingerprint density at radius 1 is 1.44 bits per heavy atom. The molecule has 0 saturated carbocycles. The summed E-state index contributed by atoms with van der Waals surface area (Å²) in [6.45, 7) is 9.44. The van der Waals surface area contributed by atoms with Crippen molar-refractivity contribution in [3.8, 4) is 0 Å². The molecule has 0 aliphatic heterocycles. The van der Waals surface area contributed by atoms with Gasteiger partial charge in [0.15, 0.2) is 0 Å². The molecule has 0 aliphatic rings. The zero-order chi connectivity index (χ0) is 12.1. The van der Waals surface area contributed by atoms with Crippen molar-refractivity contribution in [2.24, 2.45) is 5.92 Å². The second-order valence-corrected chi connectivity index (χ2v) is 4.55. The van der Waals surface area contributed by atoms with Crippen LogP contribution in [0.25, 0.3) is 0 Å². The minimum absolute atomic E-state index is 0.139. The number of hydrogen-bond donors (Lipinski definition) is 2. The normalized spacial score (nSPS) is 15.4. The third-order valence-electron chi connectivity index (χ3n) is 2.94. The van der Waals surface area contributed by atoms with Crippen LogP contribution in [0, 0.1) is 5.92 Å². The van der Waals surface area contributed by atoms with Crippen molar-refractivity contribution >= 4 is 0 Å². The van der Waals surface area contributed by atoms with Gasteiger partial charge in [-0.05, 0) is 19.8 Å². The van der Waals surface area contributed by atoms with E-state index in [0.717, 1.165) is 6.54 Å². The number of aromatic nitrogens is 2. The largest absolute Gasteiger partial charge is 0.395 e. The lowest BCUT2D eigenvalue weighted by molar-refractivity contribution is 0.201. The number of nitrogens with zero attached hydrogens (tertiary/aromatic N) is 2. The van der Waals surface area contributed by atoms with Gasteiger partial charge in [-0.1, -0.05) is 13.8 Å². The second-order valence-electron chi connectivity index (χ2n) is 4.55. The van der Waals surface area contributed by atoms with Crippen LogP contribution in [-0.4, -0.2) is 27.5 Å². The molecule has 16 heavy (non-hydrogen) atoms. The Bertz CT molecular complexity index is 309. The summed E-state index contributed by atoms with van der Waals surface area (Å²) in [5.74, 6) is 0.425. The highest BCUT2D eigenvalue weighted by Crippen LogP contribution is 2.14. The molecule has 0 spiro atoms. The molecule has 2 N–H and O–H groups in total. The number of nitrogens with one attached hydrogen (secondary N) is 1. The highest BCUT2D eigenvalue weighted by molar-refractivity contribution is 5.09. The van der Waals surface area contributed by atoms with Crippen LogP contribution in [0.3, 0.4) is 0 Å². The quantitative estimate of drug-likeness (QED) is 0.772. The van der Waals surface area contributed by atoms with E-state index in [1.807, 2.05) is 17.1 Å². The van der Waals surface area contributed by atoms with E-state index < -0.39 is 0 Å². The number of rotatable bonds is 6. The fraction of sp³-hybridized carbons (Fsp3) is 0.750. The van der Waals surface area contributed by atoms with Gasteiger partial charge in [-0.15, -0.1) is 0 Å². The molecule has 0 radical (unpaired) electrons. The standard InChI is InChI=1S/C12H23N3O/c1-5-15-7-11(6-13-15)10(4)14-12(8-16)9(2)3/h6-7,9-10,12,14,16H,5,8H2,1-4H3/t10?,12-/m1/s1. The molecule has 2 atom stereocenters. The molecule has 1 rings (SSSR count).